The second kappa shape index (κ2) is 6.15. The molecule has 0 aliphatic heterocycles. The summed E-state index contributed by atoms with van der Waals surface area (Å²) < 4.78 is 0. The maximum atomic E-state index is 12.6. The summed E-state index contributed by atoms with van der Waals surface area (Å²) in [5.74, 6) is 0.00551. The number of amides is 1. The molecule has 1 aliphatic rings. The summed E-state index contributed by atoms with van der Waals surface area (Å²) in [6.45, 7) is 4.22. The molecule has 1 saturated carbocycles. The van der Waals surface area contributed by atoms with Crippen molar-refractivity contribution in [3.8, 4) is 0 Å². The lowest BCUT2D eigenvalue weighted by Gasteiger charge is -2.28. The van der Waals surface area contributed by atoms with Gasteiger partial charge in [-0.05, 0) is 38.8 Å². The Morgan fingerprint density at radius 1 is 1.37 bits per heavy atom. The molecule has 0 bridgehead atoms. The highest BCUT2D eigenvalue weighted by atomic mass is 16.3. The molecule has 1 amide bonds. The molecule has 104 valence electrons. The summed E-state index contributed by atoms with van der Waals surface area (Å²) >= 11 is 0. The number of rotatable bonds is 4. The third-order valence-corrected chi connectivity index (χ3v) is 3.82. The summed E-state index contributed by atoms with van der Waals surface area (Å²) in [6, 6.07) is 3.99. The highest BCUT2D eigenvalue weighted by Crippen LogP contribution is 2.25. The number of hydrogen-bond donors (Lipinski definition) is 1. The number of aliphatic hydroxyl groups is 1. The van der Waals surface area contributed by atoms with Crippen LogP contribution < -0.4 is 0 Å². The van der Waals surface area contributed by atoms with E-state index in [4.69, 9.17) is 0 Å². The van der Waals surface area contributed by atoms with Gasteiger partial charge in [-0.2, -0.15) is 0 Å². The van der Waals surface area contributed by atoms with Gasteiger partial charge in [0, 0.05) is 18.3 Å². The molecule has 1 aromatic heterocycles. The van der Waals surface area contributed by atoms with Crippen molar-refractivity contribution >= 4 is 5.91 Å². The Bertz CT molecular complexity index is 453. The lowest BCUT2D eigenvalue weighted by molar-refractivity contribution is 0.0637. The van der Waals surface area contributed by atoms with Crippen molar-refractivity contribution in [2.24, 2.45) is 0 Å². The van der Waals surface area contributed by atoms with Crippen LogP contribution in [0.1, 0.15) is 47.4 Å². The molecular formula is C15H22N2O2. The van der Waals surface area contributed by atoms with Crippen molar-refractivity contribution in [1.29, 1.82) is 0 Å². The minimum absolute atomic E-state index is 0.00551. The van der Waals surface area contributed by atoms with Crippen LogP contribution in [-0.2, 0) is 0 Å². The smallest absolute Gasteiger partial charge is 0.256 e. The van der Waals surface area contributed by atoms with Gasteiger partial charge >= 0.3 is 0 Å². The zero-order chi connectivity index (χ0) is 13.8. The van der Waals surface area contributed by atoms with Crippen LogP contribution in [0.4, 0.5) is 0 Å². The van der Waals surface area contributed by atoms with E-state index in [9.17, 15) is 9.90 Å². The summed E-state index contributed by atoms with van der Waals surface area (Å²) in [7, 11) is 0. The standard InChI is InChI=1S/C15H22N2O2/c1-11-7-8-14(12(2)16-11)15(19)17(9-10-18)13-5-3-4-6-13/h7-8,13,18H,3-6,9-10H2,1-2H3. The SMILES string of the molecule is Cc1ccc(C(=O)N(CCO)C2CCCC2)c(C)n1. The average Bonchev–Trinajstić information content (AvgIpc) is 2.89. The predicted molar refractivity (Wildman–Crippen MR) is 74.1 cm³/mol. The molecule has 1 fully saturated rings. The van der Waals surface area contributed by atoms with Crippen molar-refractivity contribution in [3.63, 3.8) is 0 Å². The van der Waals surface area contributed by atoms with Gasteiger partial charge in [0.15, 0.2) is 0 Å². The maximum Gasteiger partial charge on any atom is 0.256 e. The number of carbonyl (C=O) groups is 1. The molecule has 2 rings (SSSR count). The third kappa shape index (κ3) is 3.13. The Labute approximate surface area is 114 Å². The van der Waals surface area contributed by atoms with Gasteiger partial charge in [0.1, 0.15) is 0 Å². The molecule has 1 N–H and O–H groups in total. The van der Waals surface area contributed by atoms with Crippen LogP contribution in [-0.4, -0.2) is 40.1 Å². The van der Waals surface area contributed by atoms with E-state index in [2.05, 4.69) is 4.98 Å². The van der Waals surface area contributed by atoms with Crippen LogP contribution in [0.5, 0.6) is 0 Å². The van der Waals surface area contributed by atoms with Gasteiger partial charge < -0.3 is 10.0 Å². The third-order valence-electron chi connectivity index (χ3n) is 3.82. The molecule has 4 nitrogen and oxygen atoms in total. The first kappa shape index (κ1) is 14.0. The molecule has 0 saturated heterocycles. The van der Waals surface area contributed by atoms with Crippen LogP contribution in [0.2, 0.25) is 0 Å². The van der Waals surface area contributed by atoms with E-state index >= 15 is 0 Å². The minimum Gasteiger partial charge on any atom is -0.395 e. The summed E-state index contributed by atoms with van der Waals surface area (Å²) in [4.78, 5) is 18.8. The van der Waals surface area contributed by atoms with Gasteiger partial charge in [0.05, 0.1) is 17.9 Å². The van der Waals surface area contributed by atoms with Gasteiger partial charge in [-0.25, -0.2) is 0 Å². The number of aromatic nitrogens is 1. The summed E-state index contributed by atoms with van der Waals surface area (Å²) in [5, 5.41) is 9.20. The number of pyridine rings is 1. The predicted octanol–water partition coefficient (Wildman–Crippen LogP) is 2.08. The van der Waals surface area contributed by atoms with E-state index in [0.29, 0.717) is 12.1 Å². The maximum absolute atomic E-state index is 12.6. The van der Waals surface area contributed by atoms with E-state index in [1.165, 1.54) is 12.8 Å². The molecule has 1 aliphatic carbocycles. The van der Waals surface area contributed by atoms with Crippen LogP contribution in [0.15, 0.2) is 12.1 Å². The van der Waals surface area contributed by atoms with Crippen LogP contribution in [0.25, 0.3) is 0 Å². The number of carbonyl (C=O) groups excluding carboxylic acids is 1. The minimum atomic E-state index is 0.00551. The van der Waals surface area contributed by atoms with Crippen LogP contribution in [0.3, 0.4) is 0 Å². The van der Waals surface area contributed by atoms with Crippen molar-refractivity contribution < 1.29 is 9.90 Å². The second-order valence-electron chi connectivity index (χ2n) is 5.25. The zero-order valence-corrected chi connectivity index (χ0v) is 11.7. The molecule has 4 heteroatoms. The Balaban J connectivity index is 2.22. The Kier molecular flexibility index (Phi) is 4.53. The number of aryl methyl sites for hydroxylation is 2. The number of hydrogen-bond acceptors (Lipinski definition) is 3. The Morgan fingerprint density at radius 2 is 2.05 bits per heavy atom. The normalized spacial score (nSPS) is 15.7. The molecule has 0 atom stereocenters. The van der Waals surface area contributed by atoms with Crippen molar-refractivity contribution in [2.75, 3.05) is 13.2 Å². The quantitative estimate of drug-likeness (QED) is 0.903. The van der Waals surface area contributed by atoms with Crippen molar-refractivity contribution in [2.45, 2.75) is 45.6 Å². The lowest BCUT2D eigenvalue weighted by atomic mass is 10.1. The first-order valence-electron chi connectivity index (χ1n) is 6.99. The lowest BCUT2D eigenvalue weighted by Crippen LogP contribution is -2.41. The van der Waals surface area contributed by atoms with Crippen LogP contribution in [0, 0.1) is 13.8 Å². The van der Waals surface area contributed by atoms with Gasteiger partial charge in [-0.15, -0.1) is 0 Å². The second-order valence-corrected chi connectivity index (χ2v) is 5.25. The molecule has 0 unspecified atom stereocenters. The highest BCUT2D eigenvalue weighted by Gasteiger charge is 2.27. The summed E-state index contributed by atoms with van der Waals surface area (Å²) in [5.41, 5.74) is 2.35. The molecule has 19 heavy (non-hydrogen) atoms. The highest BCUT2D eigenvalue weighted by molar-refractivity contribution is 5.95. The number of nitrogens with zero attached hydrogens (tertiary/aromatic N) is 2. The molecule has 0 radical (unpaired) electrons. The molecule has 0 aromatic carbocycles. The fraction of sp³-hybridized carbons (Fsp3) is 0.600. The van der Waals surface area contributed by atoms with E-state index in [0.717, 1.165) is 24.2 Å². The van der Waals surface area contributed by atoms with Gasteiger partial charge in [-0.3, -0.25) is 9.78 Å². The van der Waals surface area contributed by atoms with E-state index in [1.54, 1.807) is 0 Å². The molecule has 0 spiro atoms. The van der Waals surface area contributed by atoms with Gasteiger partial charge in [0.2, 0.25) is 0 Å². The van der Waals surface area contributed by atoms with Crippen LogP contribution >= 0.6 is 0 Å². The van der Waals surface area contributed by atoms with E-state index < -0.39 is 0 Å². The Hall–Kier alpha value is -1.42. The fourth-order valence-electron chi connectivity index (χ4n) is 2.84. The fourth-order valence-corrected chi connectivity index (χ4v) is 2.84. The largest absolute Gasteiger partial charge is 0.395 e. The topological polar surface area (TPSA) is 53.4 Å². The van der Waals surface area contributed by atoms with E-state index in [1.807, 2.05) is 30.9 Å². The first-order chi connectivity index (χ1) is 9.13. The number of aliphatic hydroxyl groups excluding tert-OH is 1. The van der Waals surface area contributed by atoms with E-state index in [-0.39, 0.29) is 18.6 Å². The monoisotopic (exact) mass is 262 g/mol. The van der Waals surface area contributed by atoms with Gasteiger partial charge in [-0.1, -0.05) is 12.8 Å². The average molecular weight is 262 g/mol. The van der Waals surface area contributed by atoms with Gasteiger partial charge in [0.25, 0.3) is 5.91 Å². The van der Waals surface area contributed by atoms with Crippen molar-refractivity contribution in [1.82, 2.24) is 9.88 Å². The Morgan fingerprint density at radius 3 is 2.63 bits per heavy atom. The van der Waals surface area contributed by atoms with Crippen molar-refractivity contribution in [3.05, 3.63) is 29.1 Å². The first-order valence-corrected chi connectivity index (χ1v) is 6.99. The summed E-state index contributed by atoms with van der Waals surface area (Å²) in [6.07, 6.45) is 4.43. The molecular weight excluding hydrogens is 240 g/mol. The molecule has 1 aromatic rings. The zero-order valence-electron chi connectivity index (χ0n) is 11.7. The molecule has 1 heterocycles.